The first kappa shape index (κ1) is 18.3. The number of nitrogens with zero attached hydrogens (tertiary/aromatic N) is 3. The third kappa shape index (κ3) is 4.55. The van der Waals surface area contributed by atoms with Crippen molar-refractivity contribution in [1.29, 1.82) is 0 Å². The Hall–Kier alpha value is -3.54. The number of hydrogen-bond acceptors (Lipinski definition) is 4. The molecule has 0 radical (unpaired) electrons. The molecule has 1 N–H and O–H groups in total. The summed E-state index contributed by atoms with van der Waals surface area (Å²) in [5.41, 5.74) is 1.96. The normalized spacial score (nSPS) is 10.3. The quantitative estimate of drug-likeness (QED) is 0.733. The zero-order chi connectivity index (χ0) is 19.1. The van der Waals surface area contributed by atoms with Gasteiger partial charge in [-0.3, -0.25) is 14.6 Å². The Balaban J connectivity index is 1.74. The van der Waals surface area contributed by atoms with Crippen LogP contribution < -0.4 is 10.2 Å². The summed E-state index contributed by atoms with van der Waals surface area (Å²) in [6.07, 6.45) is 1.67. The topological polar surface area (TPSA) is 75.2 Å². The number of rotatable bonds is 6. The maximum absolute atomic E-state index is 12.9. The summed E-state index contributed by atoms with van der Waals surface area (Å²) in [4.78, 5) is 35.3. The minimum atomic E-state index is -0.349. The number of amides is 2. The van der Waals surface area contributed by atoms with Gasteiger partial charge in [0.25, 0.3) is 11.8 Å². The summed E-state index contributed by atoms with van der Waals surface area (Å²) in [6, 6.07) is 19.7. The second-order valence-electron chi connectivity index (χ2n) is 5.80. The molecule has 0 fully saturated rings. The Labute approximate surface area is 157 Å². The van der Waals surface area contributed by atoms with Crippen molar-refractivity contribution in [2.45, 2.75) is 13.5 Å². The molecule has 0 saturated heterocycles. The predicted octanol–water partition coefficient (Wildman–Crippen LogP) is 3.07. The first-order valence-corrected chi connectivity index (χ1v) is 8.71. The van der Waals surface area contributed by atoms with Crippen LogP contribution in [0, 0.1) is 0 Å². The van der Waals surface area contributed by atoms with Gasteiger partial charge in [0.05, 0.1) is 12.2 Å². The van der Waals surface area contributed by atoms with Crippen LogP contribution in [-0.2, 0) is 6.54 Å². The van der Waals surface area contributed by atoms with Crippen LogP contribution in [0.3, 0.4) is 0 Å². The van der Waals surface area contributed by atoms with E-state index in [4.69, 9.17) is 0 Å². The molecular weight excluding hydrogens is 340 g/mol. The lowest BCUT2D eigenvalue weighted by atomic mass is 10.2. The first-order chi connectivity index (χ1) is 13.2. The first-order valence-electron chi connectivity index (χ1n) is 8.71. The van der Waals surface area contributed by atoms with Crippen LogP contribution >= 0.6 is 0 Å². The van der Waals surface area contributed by atoms with Crippen molar-refractivity contribution >= 4 is 17.5 Å². The molecule has 6 nitrogen and oxygen atoms in total. The molecular formula is C21H20N4O2. The summed E-state index contributed by atoms with van der Waals surface area (Å²) in [7, 11) is 0. The summed E-state index contributed by atoms with van der Waals surface area (Å²) in [6.45, 7) is 2.69. The van der Waals surface area contributed by atoms with Gasteiger partial charge in [-0.25, -0.2) is 4.98 Å². The summed E-state index contributed by atoms with van der Waals surface area (Å²) >= 11 is 0. The van der Waals surface area contributed by atoms with Crippen molar-refractivity contribution < 1.29 is 9.59 Å². The molecule has 136 valence electrons. The Morgan fingerprint density at radius 3 is 2.37 bits per heavy atom. The molecule has 0 aliphatic rings. The van der Waals surface area contributed by atoms with E-state index < -0.39 is 0 Å². The van der Waals surface area contributed by atoms with E-state index in [1.807, 2.05) is 55.5 Å². The van der Waals surface area contributed by atoms with E-state index in [-0.39, 0.29) is 23.2 Å². The SMILES string of the molecule is CCN(C(=O)c1cccc(C(=O)NCc2ccccn2)n1)c1ccccc1. The number of para-hydroxylation sites is 1. The largest absolute Gasteiger partial charge is 0.345 e. The van der Waals surface area contributed by atoms with E-state index in [1.165, 1.54) is 0 Å². The van der Waals surface area contributed by atoms with Gasteiger partial charge in [-0.2, -0.15) is 0 Å². The lowest BCUT2D eigenvalue weighted by Crippen LogP contribution is -2.32. The number of nitrogens with one attached hydrogen (secondary N) is 1. The van der Waals surface area contributed by atoms with E-state index in [2.05, 4.69) is 15.3 Å². The molecule has 3 aromatic rings. The van der Waals surface area contributed by atoms with Crippen LogP contribution in [0.4, 0.5) is 5.69 Å². The van der Waals surface area contributed by atoms with Gasteiger partial charge in [0.1, 0.15) is 11.4 Å². The molecule has 1 aromatic carbocycles. The summed E-state index contributed by atoms with van der Waals surface area (Å²) in [5, 5.41) is 2.77. The molecule has 0 unspecified atom stereocenters. The average molecular weight is 360 g/mol. The average Bonchev–Trinajstić information content (AvgIpc) is 2.74. The summed E-state index contributed by atoms with van der Waals surface area (Å²) < 4.78 is 0. The fourth-order valence-electron chi connectivity index (χ4n) is 2.63. The minimum Gasteiger partial charge on any atom is -0.345 e. The highest BCUT2D eigenvalue weighted by molar-refractivity contribution is 6.05. The fourth-order valence-corrected chi connectivity index (χ4v) is 2.63. The Kier molecular flexibility index (Phi) is 5.89. The molecule has 0 bridgehead atoms. The summed E-state index contributed by atoms with van der Waals surface area (Å²) in [5.74, 6) is -0.596. The maximum atomic E-state index is 12.9. The standard InChI is InChI=1S/C21H20N4O2/c1-2-25(17-10-4-3-5-11-17)21(27)19-13-8-12-18(24-19)20(26)23-15-16-9-6-7-14-22-16/h3-14H,2,15H2,1H3,(H,23,26). The van der Waals surface area contributed by atoms with Crippen molar-refractivity contribution in [3.05, 3.63) is 90.0 Å². The predicted molar refractivity (Wildman–Crippen MR) is 103 cm³/mol. The van der Waals surface area contributed by atoms with Crippen LogP contribution in [-0.4, -0.2) is 28.3 Å². The van der Waals surface area contributed by atoms with Crippen molar-refractivity contribution in [2.24, 2.45) is 0 Å². The van der Waals surface area contributed by atoms with E-state index in [0.29, 0.717) is 13.1 Å². The molecule has 3 rings (SSSR count). The number of anilines is 1. The van der Waals surface area contributed by atoms with E-state index in [0.717, 1.165) is 11.4 Å². The van der Waals surface area contributed by atoms with Crippen molar-refractivity contribution in [3.8, 4) is 0 Å². The zero-order valence-corrected chi connectivity index (χ0v) is 15.0. The highest BCUT2D eigenvalue weighted by atomic mass is 16.2. The molecule has 2 aromatic heterocycles. The number of carbonyl (C=O) groups is 2. The second kappa shape index (κ2) is 8.71. The highest BCUT2D eigenvalue weighted by Gasteiger charge is 2.18. The van der Waals surface area contributed by atoms with Crippen molar-refractivity contribution in [2.75, 3.05) is 11.4 Å². The number of benzene rings is 1. The third-order valence-corrected chi connectivity index (χ3v) is 3.99. The third-order valence-electron chi connectivity index (χ3n) is 3.99. The fraction of sp³-hybridized carbons (Fsp3) is 0.143. The molecule has 27 heavy (non-hydrogen) atoms. The Bertz CT molecular complexity index is 914. The molecule has 0 aliphatic heterocycles. The van der Waals surface area contributed by atoms with Gasteiger partial charge in [-0.05, 0) is 43.3 Å². The number of hydrogen-bond donors (Lipinski definition) is 1. The number of pyridine rings is 2. The molecule has 0 aliphatic carbocycles. The van der Waals surface area contributed by atoms with Crippen LogP contribution in [0.15, 0.2) is 72.9 Å². The molecule has 0 atom stereocenters. The van der Waals surface area contributed by atoms with Crippen LogP contribution in [0.2, 0.25) is 0 Å². The van der Waals surface area contributed by atoms with E-state index >= 15 is 0 Å². The lowest BCUT2D eigenvalue weighted by Gasteiger charge is -2.20. The zero-order valence-electron chi connectivity index (χ0n) is 15.0. The van der Waals surface area contributed by atoms with Gasteiger partial charge in [0, 0.05) is 18.4 Å². The van der Waals surface area contributed by atoms with Gasteiger partial charge >= 0.3 is 0 Å². The lowest BCUT2D eigenvalue weighted by molar-refractivity contribution is 0.0945. The van der Waals surface area contributed by atoms with Crippen LogP contribution in [0.25, 0.3) is 0 Å². The molecule has 0 spiro atoms. The van der Waals surface area contributed by atoms with Crippen molar-refractivity contribution in [3.63, 3.8) is 0 Å². The van der Waals surface area contributed by atoms with Gasteiger partial charge in [0.15, 0.2) is 0 Å². The van der Waals surface area contributed by atoms with Gasteiger partial charge in [-0.15, -0.1) is 0 Å². The van der Waals surface area contributed by atoms with Gasteiger partial charge < -0.3 is 10.2 Å². The van der Waals surface area contributed by atoms with E-state index in [1.54, 1.807) is 29.3 Å². The van der Waals surface area contributed by atoms with Gasteiger partial charge in [-0.1, -0.05) is 30.3 Å². The number of carbonyl (C=O) groups excluding carboxylic acids is 2. The molecule has 2 heterocycles. The smallest absolute Gasteiger partial charge is 0.276 e. The monoisotopic (exact) mass is 360 g/mol. The molecule has 6 heteroatoms. The molecule has 0 saturated carbocycles. The second-order valence-corrected chi connectivity index (χ2v) is 5.80. The van der Waals surface area contributed by atoms with Crippen LogP contribution in [0.5, 0.6) is 0 Å². The van der Waals surface area contributed by atoms with E-state index in [9.17, 15) is 9.59 Å². The molecule has 2 amide bonds. The minimum absolute atomic E-state index is 0.195. The van der Waals surface area contributed by atoms with Gasteiger partial charge in [0.2, 0.25) is 0 Å². The number of aromatic nitrogens is 2. The maximum Gasteiger partial charge on any atom is 0.276 e. The highest BCUT2D eigenvalue weighted by Crippen LogP contribution is 2.16. The van der Waals surface area contributed by atoms with Crippen LogP contribution in [0.1, 0.15) is 33.6 Å². The Morgan fingerprint density at radius 1 is 0.926 bits per heavy atom. The van der Waals surface area contributed by atoms with Crippen molar-refractivity contribution in [1.82, 2.24) is 15.3 Å². The Morgan fingerprint density at radius 2 is 1.67 bits per heavy atom.